The first-order valence-corrected chi connectivity index (χ1v) is 5.27. The lowest BCUT2D eigenvalue weighted by atomic mass is 10.0. The van der Waals surface area contributed by atoms with Crippen LogP contribution in [0.5, 0.6) is 0 Å². The van der Waals surface area contributed by atoms with Gasteiger partial charge in [0, 0.05) is 16.5 Å². The third-order valence-electron chi connectivity index (χ3n) is 1.91. The largest absolute Gasteiger partial charge is 0.384 e. The van der Waals surface area contributed by atoms with Gasteiger partial charge in [0.25, 0.3) is 0 Å². The number of hydrogen-bond acceptors (Lipinski definition) is 3. The first-order chi connectivity index (χ1) is 7.00. The average molecular weight is 271 g/mol. The van der Waals surface area contributed by atoms with Crippen molar-refractivity contribution in [3.8, 4) is 0 Å². The lowest BCUT2D eigenvalue weighted by molar-refractivity contribution is -0.118. The summed E-state index contributed by atoms with van der Waals surface area (Å²) in [4.78, 5) is 22.3. The van der Waals surface area contributed by atoms with E-state index in [1.807, 2.05) is 0 Å². The average Bonchev–Trinajstić information content (AvgIpc) is 2.17. The van der Waals surface area contributed by atoms with Gasteiger partial charge in [-0.3, -0.25) is 9.59 Å². The van der Waals surface area contributed by atoms with Gasteiger partial charge in [0.05, 0.1) is 0 Å². The molecule has 0 amide bonds. The molecule has 1 aromatic carbocycles. The van der Waals surface area contributed by atoms with E-state index in [0.717, 1.165) is 4.47 Å². The van der Waals surface area contributed by atoms with Crippen molar-refractivity contribution in [1.82, 2.24) is 0 Å². The summed E-state index contributed by atoms with van der Waals surface area (Å²) in [5.74, 6) is -0.620. The van der Waals surface area contributed by atoms with E-state index < -0.39 is 11.9 Å². The number of hydrogen-bond donors (Lipinski definition) is 1. The fourth-order valence-corrected chi connectivity index (χ4v) is 1.44. The number of carbonyl (C=O) groups excluding carboxylic acids is 2. The number of aliphatic hydroxyl groups is 1. The zero-order valence-corrected chi connectivity index (χ0v) is 9.82. The van der Waals surface area contributed by atoms with Crippen molar-refractivity contribution in [2.45, 2.75) is 19.4 Å². The van der Waals surface area contributed by atoms with Crippen LogP contribution in [0.2, 0.25) is 0 Å². The molecule has 0 saturated carbocycles. The number of carbonyl (C=O) groups is 2. The summed E-state index contributed by atoms with van der Waals surface area (Å²) in [6.07, 6.45) is -1.36. The van der Waals surface area contributed by atoms with Crippen LogP contribution in [0.1, 0.15) is 23.7 Å². The maximum absolute atomic E-state index is 11.6. The highest BCUT2D eigenvalue weighted by Crippen LogP contribution is 2.13. The standard InChI is InChI=1S/C11H11BrO3/c1-7(13)6-10(14)11(15)8-2-4-9(12)5-3-8/h2-5,10,14H,6H2,1H3. The van der Waals surface area contributed by atoms with Crippen LogP contribution < -0.4 is 0 Å². The minimum Gasteiger partial charge on any atom is -0.384 e. The van der Waals surface area contributed by atoms with Gasteiger partial charge < -0.3 is 5.11 Å². The van der Waals surface area contributed by atoms with Gasteiger partial charge in [-0.05, 0) is 19.1 Å². The Morgan fingerprint density at radius 3 is 2.33 bits per heavy atom. The molecular formula is C11H11BrO3. The topological polar surface area (TPSA) is 54.4 Å². The lowest BCUT2D eigenvalue weighted by Gasteiger charge is -2.07. The number of halogens is 1. The van der Waals surface area contributed by atoms with Crippen LogP contribution in [0.15, 0.2) is 28.7 Å². The Hall–Kier alpha value is -1.000. The molecule has 0 saturated heterocycles. The molecule has 0 aliphatic carbocycles. The molecular weight excluding hydrogens is 260 g/mol. The van der Waals surface area contributed by atoms with Gasteiger partial charge in [-0.2, -0.15) is 0 Å². The number of rotatable bonds is 4. The number of Topliss-reactive ketones (excluding diaryl/α,β-unsaturated/α-hetero) is 2. The summed E-state index contributed by atoms with van der Waals surface area (Å²) in [5, 5.41) is 9.43. The van der Waals surface area contributed by atoms with E-state index >= 15 is 0 Å². The molecule has 0 aliphatic rings. The predicted molar refractivity (Wildman–Crippen MR) is 59.8 cm³/mol. The maximum atomic E-state index is 11.6. The Balaban J connectivity index is 2.76. The SMILES string of the molecule is CC(=O)CC(O)C(=O)c1ccc(Br)cc1. The third-order valence-corrected chi connectivity index (χ3v) is 2.44. The van der Waals surface area contributed by atoms with Crippen LogP contribution in [0.4, 0.5) is 0 Å². The van der Waals surface area contributed by atoms with Crippen LogP contribution in [0, 0.1) is 0 Å². The Morgan fingerprint density at radius 2 is 1.87 bits per heavy atom. The molecule has 0 bridgehead atoms. The summed E-state index contributed by atoms with van der Waals surface area (Å²) in [5.41, 5.74) is 0.409. The Kier molecular flexibility index (Phi) is 4.17. The molecule has 1 rings (SSSR count). The van der Waals surface area contributed by atoms with Crippen molar-refractivity contribution in [2.24, 2.45) is 0 Å². The fourth-order valence-electron chi connectivity index (χ4n) is 1.17. The predicted octanol–water partition coefficient (Wildman–Crippen LogP) is 1.97. The molecule has 3 nitrogen and oxygen atoms in total. The zero-order chi connectivity index (χ0) is 11.4. The van der Waals surface area contributed by atoms with E-state index in [1.54, 1.807) is 24.3 Å². The van der Waals surface area contributed by atoms with Gasteiger partial charge in [0.2, 0.25) is 0 Å². The van der Waals surface area contributed by atoms with E-state index in [2.05, 4.69) is 15.9 Å². The minimum absolute atomic E-state index is 0.130. The van der Waals surface area contributed by atoms with Crippen molar-refractivity contribution in [1.29, 1.82) is 0 Å². The fraction of sp³-hybridized carbons (Fsp3) is 0.273. The van der Waals surface area contributed by atoms with Crippen molar-refractivity contribution in [3.05, 3.63) is 34.3 Å². The number of ketones is 2. The normalized spacial score (nSPS) is 12.2. The van der Waals surface area contributed by atoms with Gasteiger partial charge in [-0.15, -0.1) is 0 Å². The van der Waals surface area contributed by atoms with Crippen molar-refractivity contribution >= 4 is 27.5 Å². The smallest absolute Gasteiger partial charge is 0.191 e. The lowest BCUT2D eigenvalue weighted by Crippen LogP contribution is -2.22. The molecule has 0 aliphatic heterocycles. The zero-order valence-electron chi connectivity index (χ0n) is 8.24. The second-order valence-corrected chi connectivity index (χ2v) is 4.21. The molecule has 0 radical (unpaired) electrons. The van der Waals surface area contributed by atoms with Crippen molar-refractivity contribution in [2.75, 3.05) is 0 Å². The van der Waals surface area contributed by atoms with Gasteiger partial charge >= 0.3 is 0 Å². The van der Waals surface area contributed by atoms with Crippen molar-refractivity contribution in [3.63, 3.8) is 0 Å². The van der Waals surface area contributed by atoms with Gasteiger partial charge in [-0.25, -0.2) is 0 Å². The van der Waals surface area contributed by atoms with E-state index in [1.165, 1.54) is 6.92 Å². The summed E-state index contributed by atoms with van der Waals surface area (Å²) in [7, 11) is 0. The molecule has 0 heterocycles. The van der Waals surface area contributed by atoms with Crippen LogP contribution in [-0.4, -0.2) is 22.8 Å². The maximum Gasteiger partial charge on any atom is 0.191 e. The van der Waals surface area contributed by atoms with E-state index in [9.17, 15) is 14.7 Å². The quantitative estimate of drug-likeness (QED) is 0.852. The Morgan fingerprint density at radius 1 is 1.33 bits per heavy atom. The molecule has 80 valence electrons. The summed E-state index contributed by atoms with van der Waals surface area (Å²) >= 11 is 3.24. The summed E-state index contributed by atoms with van der Waals surface area (Å²) in [6.45, 7) is 1.35. The third kappa shape index (κ3) is 3.57. The molecule has 1 aromatic rings. The molecule has 0 fully saturated rings. The second kappa shape index (κ2) is 5.19. The molecule has 1 unspecified atom stereocenters. The van der Waals surface area contributed by atoms with E-state index in [0.29, 0.717) is 5.56 Å². The van der Waals surface area contributed by atoms with Crippen molar-refractivity contribution < 1.29 is 14.7 Å². The van der Waals surface area contributed by atoms with E-state index in [-0.39, 0.29) is 12.2 Å². The van der Waals surface area contributed by atoms with Crippen LogP contribution in [0.3, 0.4) is 0 Å². The minimum atomic E-state index is -1.23. The highest BCUT2D eigenvalue weighted by molar-refractivity contribution is 9.10. The molecule has 4 heteroatoms. The van der Waals surface area contributed by atoms with Crippen LogP contribution in [0.25, 0.3) is 0 Å². The van der Waals surface area contributed by atoms with Gasteiger partial charge in [-0.1, -0.05) is 28.1 Å². The Labute approximate surface area is 96.2 Å². The molecule has 1 N–H and O–H groups in total. The molecule has 0 spiro atoms. The Bertz CT molecular complexity index is 370. The molecule has 15 heavy (non-hydrogen) atoms. The number of aliphatic hydroxyl groups excluding tert-OH is 1. The molecule has 0 aromatic heterocycles. The monoisotopic (exact) mass is 270 g/mol. The first kappa shape index (κ1) is 12.1. The van der Waals surface area contributed by atoms with Crippen LogP contribution in [-0.2, 0) is 4.79 Å². The highest BCUT2D eigenvalue weighted by Gasteiger charge is 2.18. The van der Waals surface area contributed by atoms with Gasteiger partial charge in [0.1, 0.15) is 11.9 Å². The second-order valence-electron chi connectivity index (χ2n) is 3.29. The summed E-state index contributed by atoms with van der Waals surface area (Å²) < 4.78 is 0.861. The first-order valence-electron chi connectivity index (χ1n) is 4.48. The van der Waals surface area contributed by atoms with Crippen LogP contribution >= 0.6 is 15.9 Å². The molecule has 1 atom stereocenters. The number of benzene rings is 1. The van der Waals surface area contributed by atoms with Gasteiger partial charge in [0.15, 0.2) is 5.78 Å². The highest BCUT2D eigenvalue weighted by atomic mass is 79.9. The summed E-state index contributed by atoms with van der Waals surface area (Å²) in [6, 6.07) is 6.65. The van der Waals surface area contributed by atoms with E-state index in [4.69, 9.17) is 0 Å².